The van der Waals surface area contributed by atoms with Gasteiger partial charge in [0.05, 0.1) is 0 Å². The van der Waals surface area contributed by atoms with Crippen LogP contribution in [0, 0.1) is 5.92 Å². The number of hydrogen-bond acceptors (Lipinski definition) is 2. The molecule has 0 spiro atoms. The van der Waals surface area contributed by atoms with Crippen LogP contribution in [0.4, 0.5) is 0 Å². The first kappa shape index (κ1) is 9.14. The Morgan fingerprint density at radius 3 is 2.45 bits per heavy atom. The van der Waals surface area contributed by atoms with Crippen molar-refractivity contribution >= 4 is 11.9 Å². The Morgan fingerprint density at radius 1 is 1.27 bits per heavy atom. The van der Waals surface area contributed by atoms with E-state index in [1.54, 1.807) is 0 Å². The van der Waals surface area contributed by atoms with Crippen molar-refractivity contribution in [3.63, 3.8) is 0 Å². The Balaban J connectivity index is 2.32. The van der Waals surface area contributed by atoms with Gasteiger partial charge in [-0.25, -0.2) is 0 Å². The maximum atomic E-state index is 2.35. The SMILES string of the molecule is CC1C=CC(SN(C)C)CC1. The van der Waals surface area contributed by atoms with Crippen LogP contribution in [-0.2, 0) is 0 Å². The lowest BCUT2D eigenvalue weighted by molar-refractivity contribution is 0.583. The van der Waals surface area contributed by atoms with Crippen LogP contribution in [0.1, 0.15) is 19.8 Å². The predicted molar refractivity (Wildman–Crippen MR) is 52.6 cm³/mol. The largest absolute Gasteiger partial charge is 0.256 e. The van der Waals surface area contributed by atoms with Crippen molar-refractivity contribution in [1.29, 1.82) is 0 Å². The van der Waals surface area contributed by atoms with Crippen molar-refractivity contribution in [2.24, 2.45) is 5.92 Å². The molecule has 1 nitrogen and oxygen atoms in total. The van der Waals surface area contributed by atoms with Crippen molar-refractivity contribution in [2.75, 3.05) is 14.1 Å². The molecule has 0 aromatic heterocycles. The van der Waals surface area contributed by atoms with E-state index in [4.69, 9.17) is 0 Å². The maximum Gasteiger partial charge on any atom is 0.0374 e. The molecule has 2 unspecified atom stereocenters. The number of nitrogens with zero attached hydrogens (tertiary/aromatic N) is 1. The molecule has 2 atom stereocenters. The molecule has 2 heteroatoms. The fraction of sp³-hybridized carbons (Fsp3) is 0.778. The minimum absolute atomic E-state index is 0.723. The van der Waals surface area contributed by atoms with Gasteiger partial charge in [-0.2, -0.15) is 0 Å². The average molecular weight is 171 g/mol. The highest BCUT2D eigenvalue weighted by Crippen LogP contribution is 2.26. The second-order valence-electron chi connectivity index (χ2n) is 3.40. The summed E-state index contributed by atoms with van der Waals surface area (Å²) in [5, 5.41) is 0.723. The van der Waals surface area contributed by atoms with E-state index in [0.29, 0.717) is 0 Å². The van der Waals surface area contributed by atoms with Crippen molar-refractivity contribution in [3.05, 3.63) is 12.2 Å². The van der Waals surface area contributed by atoms with E-state index in [1.165, 1.54) is 12.8 Å². The normalized spacial score (nSPS) is 31.3. The molecule has 0 amide bonds. The molecule has 0 fully saturated rings. The van der Waals surface area contributed by atoms with E-state index >= 15 is 0 Å². The summed E-state index contributed by atoms with van der Waals surface area (Å²) in [6.45, 7) is 2.28. The van der Waals surface area contributed by atoms with Gasteiger partial charge in [0.25, 0.3) is 0 Å². The van der Waals surface area contributed by atoms with Crippen LogP contribution in [0.2, 0.25) is 0 Å². The molecule has 0 radical (unpaired) electrons. The first-order valence-electron chi connectivity index (χ1n) is 4.21. The second-order valence-corrected chi connectivity index (χ2v) is 4.94. The van der Waals surface area contributed by atoms with E-state index in [-0.39, 0.29) is 0 Å². The minimum Gasteiger partial charge on any atom is -0.256 e. The summed E-state index contributed by atoms with van der Waals surface area (Å²) in [7, 11) is 4.22. The molecule has 1 aliphatic carbocycles. The Kier molecular flexibility index (Phi) is 3.46. The molecule has 11 heavy (non-hydrogen) atoms. The van der Waals surface area contributed by atoms with E-state index in [9.17, 15) is 0 Å². The lowest BCUT2D eigenvalue weighted by atomic mass is 9.98. The van der Waals surface area contributed by atoms with Gasteiger partial charge in [0.2, 0.25) is 0 Å². The van der Waals surface area contributed by atoms with Crippen LogP contribution in [0.25, 0.3) is 0 Å². The van der Waals surface area contributed by atoms with Crippen LogP contribution >= 0.6 is 11.9 Å². The molecular formula is C9H17NS. The molecular weight excluding hydrogens is 154 g/mol. The van der Waals surface area contributed by atoms with E-state index in [1.807, 2.05) is 11.9 Å². The van der Waals surface area contributed by atoms with Crippen LogP contribution < -0.4 is 0 Å². The summed E-state index contributed by atoms with van der Waals surface area (Å²) in [4.78, 5) is 0. The van der Waals surface area contributed by atoms with Gasteiger partial charge in [-0.15, -0.1) is 0 Å². The molecule has 64 valence electrons. The van der Waals surface area contributed by atoms with E-state index < -0.39 is 0 Å². The highest BCUT2D eigenvalue weighted by atomic mass is 32.2. The zero-order valence-electron chi connectivity index (χ0n) is 7.58. The molecule has 0 saturated carbocycles. The number of allylic oxidation sites excluding steroid dienone is 1. The molecule has 0 aromatic rings. The summed E-state index contributed by atoms with van der Waals surface area (Å²) < 4.78 is 2.19. The van der Waals surface area contributed by atoms with Crippen molar-refractivity contribution in [3.8, 4) is 0 Å². The van der Waals surface area contributed by atoms with Gasteiger partial charge in [-0.1, -0.05) is 31.0 Å². The first-order chi connectivity index (χ1) is 5.18. The third-order valence-electron chi connectivity index (χ3n) is 1.91. The Labute approximate surface area is 74.0 Å². The smallest absolute Gasteiger partial charge is 0.0374 e. The monoisotopic (exact) mass is 171 g/mol. The van der Waals surface area contributed by atoms with Gasteiger partial charge in [-0.3, -0.25) is 4.31 Å². The summed E-state index contributed by atoms with van der Waals surface area (Å²) in [5.74, 6) is 0.800. The summed E-state index contributed by atoms with van der Waals surface area (Å²) in [6.07, 6.45) is 7.37. The van der Waals surface area contributed by atoms with Crippen molar-refractivity contribution in [1.82, 2.24) is 4.31 Å². The third kappa shape index (κ3) is 3.30. The van der Waals surface area contributed by atoms with Gasteiger partial charge in [0, 0.05) is 5.25 Å². The molecule has 1 aliphatic rings. The third-order valence-corrected chi connectivity index (χ3v) is 2.99. The molecule has 0 aliphatic heterocycles. The second kappa shape index (κ2) is 4.17. The predicted octanol–water partition coefficient (Wildman–Crippen LogP) is 2.55. The van der Waals surface area contributed by atoms with Crippen molar-refractivity contribution in [2.45, 2.75) is 25.0 Å². The molecule has 1 rings (SSSR count). The summed E-state index contributed by atoms with van der Waals surface area (Å²) in [6, 6.07) is 0. The maximum absolute atomic E-state index is 2.35. The summed E-state index contributed by atoms with van der Waals surface area (Å²) in [5.41, 5.74) is 0. The first-order valence-corrected chi connectivity index (χ1v) is 5.04. The van der Waals surface area contributed by atoms with Gasteiger partial charge >= 0.3 is 0 Å². The minimum atomic E-state index is 0.723. The van der Waals surface area contributed by atoms with Crippen molar-refractivity contribution < 1.29 is 0 Å². The van der Waals surface area contributed by atoms with Crippen LogP contribution in [0.15, 0.2) is 12.2 Å². The average Bonchev–Trinajstić information content (AvgIpc) is 1.93. The van der Waals surface area contributed by atoms with Crippen LogP contribution in [-0.4, -0.2) is 23.7 Å². The Morgan fingerprint density at radius 2 is 2.00 bits per heavy atom. The fourth-order valence-corrected chi connectivity index (χ4v) is 2.24. The van der Waals surface area contributed by atoms with Crippen LogP contribution in [0.3, 0.4) is 0 Å². The van der Waals surface area contributed by atoms with E-state index in [0.717, 1.165) is 11.2 Å². The standard InChI is InChI=1S/C9H17NS/c1-8-4-6-9(7-5-8)11-10(2)3/h4,6,8-9H,5,7H2,1-3H3. The fourth-order valence-electron chi connectivity index (χ4n) is 1.29. The molecule has 0 N–H and O–H groups in total. The Bertz CT molecular complexity index is 142. The lowest BCUT2D eigenvalue weighted by Gasteiger charge is -2.22. The summed E-state index contributed by atoms with van der Waals surface area (Å²) >= 11 is 1.92. The van der Waals surface area contributed by atoms with Gasteiger partial charge in [-0.05, 0) is 32.9 Å². The topological polar surface area (TPSA) is 3.24 Å². The highest BCUT2D eigenvalue weighted by molar-refractivity contribution is 7.97. The van der Waals surface area contributed by atoms with Gasteiger partial charge in [0.15, 0.2) is 0 Å². The van der Waals surface area contributed by atoms with Crippen LogP contribution in [0.5, 0.6) is 0 Å². The number of rotatable bonds is 2. The molecule has 0 bridgehead atoms. The van der Waals surface area contributed by atoms with E-state index in [2.05, 4.69) is 37.5 Å². The molecule has 0 saturated heterocycles. The quantitative estimate of drug-likeness (QED) is 0.464. The Hall–Kier alpha value is 0.0500. The zero-order valence-corrected chi connectivity index (χ0v) is 8.40. The highest BCUT2D eigenvalue weighted by Gasteiger charge is 2.13. The number of hydrogen-bond donors (Lipinski definition) is 0. The molecule has 0 aromatic carbocycles. The molecule has 0 heterocycles. The van der Waals surface area contributed by atoms with Gasteiger partial charge in [0.1, 0.15) is 0 Å². The van der Waals surface area contributed by atoms with Gasteiger partial charge < -0.3 is 0 Å². The lowest BCUT2D eigenvalue weighted by Crippen LogP contribution is -2.13. The zero-order chi connectivity index (χ0) is 8.27.